The molecular formula is C14H17N3O2. The van der Waals surface area contributed by atoms with E-state index in [0.29, 0.717) is 37.3 Å². The van der Waals surface area contributed by atoms with Crippen LogP contribution < -0.4 is 5.73 Å². The molecule has 0 bridgehead atoms. The zero-order valence-corrected chi connectivity index (χ0v) is 10.6. The molecule has 4 N–H and O–H groups in total. The number of hydrogen-bond acceptors (Lipinski definition) is 3. The number of anilines is 1. The fraction of sp³-hybridized carbons (Fsp3) is 0.357. The van der Waals surface area contributed by atoms with Gasteiger partial charge in [-0.2, -0.15) is 0 Å². The van der Waals surface area contributed by atoms with Crippen LogP contribution in [-0.2, 0) is 0 Å². The number of nitrogens with zero attached hydrogens (tertiary/aromatic N) is 1. The van der Waals surface area contributed by atoms with Gasteiger partial charge in [-0.3, -0.25) is 4.79 Å². The van der Waals surface area contributed by atoms with Crippen LogP contribution in [0.25, 0.3) is 10.9 Å². The first-order valence-corrected chi connectivity index (χ1v) is 6.49. The molecule has 2 heterocycles. The van der Waals surface area contributed by atoms with E-state index in [0.717, 1.165) is 10.9 Å². The molecular weight excluding hydrogens is 242 g/mol. The minimum atomic E-state index is -0.272. The molecule has 5 nitrogen and oxygen atoms in total. The summed E-state index contributed by atoms with van der Waals surface area (Å²) in [4.78, 5) is 17.2. The van der Waals surface area contributed by atoms with Gasteiger partial charge in [-0.05, 0) is 37.1 Å². The van der Waals surface area contributed by atoms with E-state index in [1.54, 1.807) is 4.90 Å². The summed E-state index contributed by atoms with van der Waals surface area (Å²) >= 11 is 0. The van der Waals surface area contributed by atoms with Crippen LogP contribution in [0.3, 0.4) is 0 Å². The molecule has 19 heavy (non-hydrogen) atoms. The smallest absolute Gasteiger partial charge is 0.270 e. The number of fused-ring (bicyclic) bond motifs is 1. The van der Waals surface area contributed by atoms with Gasteiger partial charge in [0, 0.05) is 29.7 Å². The van der Waals surface area contributed by atoms with Crippen LogP contribution >= 0.6 is 0 Å². The van der Waals surface area contributed by atoms with Gasteiger partial charge in [0.2, 0.25) is 0 Å². The summed E-state index contributed by atoms with van der Waals surface area (Å²) in [5, 5.41) is 10.4. The van der Waals surface area contributed by atoms with Gasteiger partial charge in [-0.1, -0.05) is 0 Å². The number of nitrogen functional groups attached to an aromatic ring is 1. The molecule has 3 rings (SSSR count). The number of benzene rings is 1. The van der Waals surface area contributed by atoms with E-state index >= 15 is 0 Å². The Balaban J connectivity index is 1.85. The summed E-state index contributed by atoms with van der Waals surface area (Å²) in [7, 11) is 0. The second-order valence-corrected chi connectivity index (χ2v) is 5.05. The van der Waals surface area contributed by atoms with E-state index in [2.05, 4.69) is 4.98 Å². The predicted molar refractivity (Wildman–Crippen MR) is 73.9 cm³/mol. The number of nitrogens with one attached hydrogen (secondary N) is 1. The number of amides is 1. The number of aliphatic hydroxyl groups excluding tert-OH is 1. The highest BCUT2D eigenvalue weighted by atomic mass is 16.3. The van der Waals surface area contributed by atoms with Gasteiger partial charge in [-0.25, -0.2) is 0 Å². The maximum absolute atomic E-state index is 12.3. The first kappa shape index (κ1) is 12.0. The Morgan fingerprint density at radius 1 is 1.32 bits per heavy atom. The number of carbonyl (C=O) groups is 1. The van der Waals surface area contributed by atoms with Crippen molar-refractivity contribution in [1.29, 1.82) is 0 Å². The van der Waals surface area contributed by atoms with Gasteiger partial charge < -0.3 is 20.7 Å². The molecule has 1 amide bonds. The molecule has 0 aliphatic carbocycles. The lowest BCUT2D eigenvalue weighted by Gasteiger charge is -2.29. The summed E-state index contributed by atoms with van der Waals surface area (Å²) in [6.07, 6.45) is 1.03. The number of aliphatic hydroxyl groups is 1. The molecule has 0 saturated carbocycles. The molecule has 1 fully saturated rings. The van der Waals surface area contributed by atoms with E-state index in [4.69, 9.17) is 5.73 Å². The zero-order valence-electron chi connectivity index (χ0n) is 10.6. The van der Waals surface area contributed by atoms with Crippen molar-refractivity contribution in [3.63, 3.8) is 0 Å². The first-order chi connectivity index (χ1) is 9.13. The van der Waals surface area contributed by atoms with Crippen molar-refractivity contribution in [3.8, 4) is 0 Å². The van der Waals surface area contributed by atoms with Crippen LogP contribution in [-0.4, -0.2) is 40.1 Å². The molecule has 0 spiro atoms. The minimum Gasteiger partial charge on any atom is -0.399 e. The quantitative estimate of drug-likeness (QED) is 0.676. The van der Waals surface area contributed by atoms with E-state index in [-0.39, 0.29) is 12.0 Å². The third-order valence-electron chi connectivity index (χ3n) is 3.63. The Morgan fingerprint density at radius 3 is 2.79 bits per heavy atom. The van der Waals surface area contributed by atoms with Crippen molar-refractivity contribution >= 4 is 22.5 Å². The lowest BCUT2D eigenvalue weighted by atomic mass is 10.1. The number of likely N-dealkylation sites (tertiary alicyclic amines) is 1. The maximum Gasteiger partial charge on any atom is 0.270 e. The molecule has 0 atom stereocenters. The summed E-state index contributed by atoms with van der Waals surface area (Å²) in [6, 6.07) is 7.37. The van der Waals surface area contributed by atoms with Crippen LogP contribution in [0.1, 0.15) is 23.3 Å². The van der Waals surface area contributed by atoms with Gasteiger partial charge in [0.1, 0.15) is 5.69 Å². The maximum atomic E-state index is 12.3. The molecule has 1 aromatic heterocycles. The van der Waals surface area contributed by atoms with Crippen LogP contribution in [0.15, 0.2) is 24.3 Å². The number of aromatic amines is 1. The average molecular weight is 259 g/mol. The van der Waals surface area contributed by atoms with E-state index in [1.807, 2.05) is 24.3 Å². The van der Waals surface area contributed by atoms with E-state index < -0.39 is 0 Å². The Hall–Kier alpha value is -2.01. The fourth-order valence-corrected chi connectivity index (χ4v) is 2.51. The monoisotopic (exact) mass is 259 g/mol. The second kappa shape index (κ2) is 4.59. The minimum absolute atomic E-state index is 0.0123. The van der Waals surface area contributed by atoms with Crippen molar-refractivity contribution in [3.05, 3.63) is 30.0 Å². The topological polar surface area (TPSA) is 82.4 Å². The molecule has 0 unspecified atom stereocenters. The summed E-state index contributed by atoms with van der Waals surface area (Å²) in [5.74, 6) is -0.0123. The number of piperidine rings is 1. The molecule has 0 radical (unpaired) electrons. The summed E-state index contributed by atoms with van der Waals surface area (Å²) in [6.45, 7) is 1.22. The van der Waals surface area contributed by atoms with Crippen molar-refractivity contribution in [2.24, 2.45) is 0 Å². The van der Waals surface area contributed by atoms with Crippen molar-refractivity contribution in [2.75, 3.05) is 18.8 Å². The third kappa shape index (κ3) is 2.29. The zero-order chi connectivity index (χ0) is 13.4. The predicted octanol–water partition coefficient (Wildman–Crippen LogP) is 1.35. The van der Waals surface area contributed by atoms with Crippen LogP contribution in [0.5, 0.6) is 0 Å². The molecule has 1 saturated heterocycles. The Bertz CT molecular complexity index is 612. The van der Waals surface area contributed by atoms with Crippen LogP contribution in [0, 0.1) is 0 Å². The summed E-state index contributed by atoms with van der Waals surface area (Å²) < 4.78 is 0. The van der Waals surface area contributed by atoms with Gasteiger partial charge in [0.05, 0.1) is 6.10 Å². The molecule has 2 aromatic rings. The van der Waals surface area contributed by atoms with Gasteiger partial charge in [-0.15, -0.1) is 0 Å². The lowest BCUT2D eigenvalue weighted by Crippen LogP contribution is -2.40. The normalized spacial score (nSPS) is 17.0. The molecule has 5 heteroatoms. The van der Waals surface area contributed by atoms with Crippen molar-refractivity contribution in [1.82, 2.24) is 9.88 Å². The number of hydrogen-bond donors (Lipinski definition) is 3. The largest absolute Gasteiger partial charge is 0.399 e. The lowest BCUT2D eigenvalue weighted by molar-refractivity contribution is 0.0542. The molecule has 1 aliphatic heterocycles. The number of aromatic nitrogens is 1. The second-order valence-electron chi connectivity index (χ2n) is 5.05. The average Bonchev–Trinajstić information content (AvgIpc) is 2.81. The van der Waals surface area contributed by atoms with Crippen molar-refractivity contribution < 1.29 is 9.90 Å². The van der Waals surface area contributed by atoms with Gasteiger partial charge >= 0.3 is 0 Å². The van der Waals surface area contributed by atoms with E-state index in [1.165, 1.54) is 0 Å². The Kier molecular flexibility index (Phi) is 2.91. The number of nitrogens with two attached hydrogens (primary N) is 1. The number of carbonyl (C=O) groups excluding carboxylic acids is 1. The van der Waals surface area contributed by atoms with Gasteiger partial charge in [0.25, 0.3) is 5.91 Å². The van der Waals surface area contributed by atoms with E-state index in [9.17, 15) is 9.90 Å². The summed E-state index contributed by atoms with van der Waals surface area (Å²) in [5.41, 5.74) is 7.91. The first-order valence-electron chi connectivity index (χ1n) is 6.49. The Labute approximate surface area is 111 Å². The van der Waals surface area contributed by atoms with Crippen LogP contribution in [0.4, 0.5) is 5.69 Å². The molecule has 1 aliphatic rings. The molecule has 100 valence electrons. The standard InChI is InChI=1S/C14H17N3O2/c15-10-1-2-12-9(7-10)8-13(16-12)14(19)17-5-3-11(18)4-6-17/h1-2,7-8,11,16,18H,3-6,15H2. The van der Waals surface area contributed by atoms with Crippen molar-refractivity contribution in [2.45, 2.75) is 18.9 Å². The van der Waals surface area contributed by atoms with Crippen LogP contribution in [0.2, 0.25) is 0 Å². The fourth-order valence-electron chi connectivity index (χ4n) is 2.51. The number of rotatable bonds is 1. The third-order valence-corrected chi connectivity index (χ3v) is 3.63. The highest BCUT2D eigenvalue weighted by molar-refractivity contribution is 5.98. The Morgan fingerprint density at radius 2 is 2.05 bits per heavy atom. The highest BCUT2D eigenvalue weighted by Crippen LogP contribution is 2.20. The molecule has 1 aromatic carbocycles. The number of H-pyrrole nitrogens is 1. The highest BCUT2D eigenvalue weighted by Gasteiger charge is 2.23. The van der Waals surface area contributed by atoms with Gasteiger partial charge in [0.15, 0.2) is 0 Å². The SMILES string of the molecule is Nc1ccc2[nH]c(C(=O)N3CCC(O)CC3)cc2c1.